The van der Waals surface area contributed by atoms with Crippen molar-refractivity contribution >= 4 is 5.91 Å². The summed E-state index contributed by atoms with van der Waals surface area (Å²) in [7, 11) is 0. The van der Waals surface area contributed by atoms with E-state index in [2.05, 4.69) is 10.1 Å². The van der Waals surface area contributed by atoms with Gasteiger partial charge < -0.3 is 4.90 Å². The summed E-state index contributed by atoms with van der Waals surface area (Å²) >= 11 is 0. The lowest BCUT2D eigenvalue weighted by Gasteiger charge is -2.17. The Hall–Kier alpha value is -2.44. The van der Waals surface area contributed by atoms with Gasteiger partial charge in [0.25, 0.3) is 0 Å². The van der Waals surface area contributed by atoms with Crippen LogP contribution in [-0.4, -0.2) is 43.2 Å². The van der Waals surface area contributed by atoms with Gasteiger partial charge in [0.05, 0.1) is 0 Å². The Bertz CT molecular complexity index is 742. The molecule has 2 aromatic rings. The molecule has 0 saturated heterocycles. The monoisotopic (exact) mass is 315 g/mol. The minimum absolute atomic E-state index is 0.0203. The highest BCUT2D eigenvalue weighted by Gasteiger charge is 2.31. The lowest BCUT2D eigenvalue weighted by Crippen LogP contribution is -2.37. The Morgan fingerprint density at radius 1 is 1.35 bits per heavy atom. The number of rotatable bonds is 6. The van der Waals surface area contributed by atoms with E-state index >= 15 is 0 Å². The quantitative estimate of drug-likeness (QED) is 0.805. The van der Waals surface area contributed by atoms with E-state index in [1.165, 1.54) is 4.68 Å². The summed E-state index contributed by atoms with van der Waals surface area (Å²) in [5, 5.41) is 4.41. The second kappa shape index (κ2) is 6.36. The van der Waals surface area contributed by atoms with Gasteiger partial charge in [0.2, 0.25) is 5.91 Å². The topological polar surface area (TPSA) is 73.0 Å². The normalized spacial score (nSPS) is 14.0. The Labute approximate surface area is 134 Å². The molecule has 0 bridgehead atoms. The molecule has 122 valence electrons. The number of hydrogen-bond donors (Lipinski definition) is 0. The zero-order valence-electron chi connectivity index (χ0n) is 13.5. The number of nitrogens with zero attached hydrogens (tertiary/aromatic N) is 5. The van der Waals surface area contributed by atoms with Gasteiger partial charge in [0.1, 0.15) is 6.54 Å². The van der Waals surface area contributed by atoms with Gasteiger partial charge in [0.15, 0.2) is 5.82 Å². The maximum atomic E-state index is 12.7. The third-order valence-electron chi connectivity index (χ3n) is 4.10. The van der Waals surface area contributed by atoms with Crippen LogP contribution in [0.2, 0.25) is 0 Å². The number of carbonyl (C=O) groups is 1. The fraction of sp³-hybridized carbons (Fsp3) is 0.500. The maximum absolute atomic E-state index is 12.7. The maximum Gasteiger partial charge on any atom is 0.346 e. The van der Waals surface area contributed by atoms with Crippen molar-refractivity contribution in [1.29, 1.82) is 0 Å². The van der Waals surface area contributed by atoms with Crippen molar-refractivity contribution in [3.05, 3.63) is 35.0 Å². The standard InChI is InChI=1S/C16H21N5O2/c1-3-19(4-2)14(22)11-20-16(23)21(13-7-8-13)15(18-20)12-6-5-9-17-10-12/h5-6,9-10,13H,3-4,7-8,11H2,1-2H3. The average Bonchev–Trinajstić information content (AvgIpc) is 3.35. The molecule has 0 aromatic carbocycles. The molecule has 0 radical (unpaired) electrons. The Kier molecular flexibility index (Phi) is 4.27. The smallest absolute Gasteiger partial charge is 0.342 e. The minimum atomic E-state index is -0.216. The molecule has 0 spiro atoms. The molecule has 1 saturated carbocycles. The minimum Gasteiger partial charge on any atom is -0.342 e. The van der Waals surface area contributed by atoms with Gasteiger partial charge in [-0.15, -0.1) is 5.10 Å². The van der Waals surface area contributed by atoms with Crippen molar-refractivity contribution in [2.75, 3.05) is 13.1 Å². The van der Waals surface area contributed by atoms with Gasteiger partial charge in [0, 0.05) is 37.1 Å². The van der Waals surface area contributed by atoms with Gasteiger partial charge in [-0.3, -0.25) is 14.3 Å². The van der Waals surface area contributed by atoms with Crippen molar-refractivity contribution in [1.82, 2.24) is 24.2 Å². The van der Waals surface area contributed by atoms with Crippen LogP contribution in [0.5, 0.6) is 0 Å². The molecule has 7 heteroatoms. The summed E-state index contributed by atoms with van der Waals surface area (Å²) < 4.78 is 2.98. The second-order valence-electron chi connectivity index (χ2n) is 5.67. The van der Waals surface area contributed by atoms with E-state index in [0.717, 1.165) is 18.4 Å². The first-order valence-electron chi connectivity index (χ1n) is 8.03. The van der Waals surface area contributed by atoms with Crippen molar-refractivity contribution in [3.63, 3.8) is 0 Å². The van der Waals surface area contributed by atoms with Crippen LogP contribution in [0.25, 0.3) is 11.4 Å². The van der Waals surface area contributed by atoms with Gasteiger partial charge in [-0.25, -0.2) is 9.48 Å². The molecule has 1 fully saturated rings. The highest BCUT2D eigenvalue weighted by molar-refractivity contribution is 5.75. The molecule has 2 aromatic heterocycles. The Morgan fingerprint density at radius 3 is 2.65 bits per heavy atom. The highest BCUT2D eigenvalue weighted by atomic mass is 16.2. The molecule has 0 atom stereocenters. The Balaban J connectivity index is 1.96. The predicted molar refractivity (Wildman–Crippen MR) is 85.9 cm³/mol. The number of pyridine rings is 1. The fourth-order valence-electron chi connectivity index (χ4n) is 2.68. The van der Waals surface area contributed by atoms with E-state index in [1.807, 2.05) is 26.0 Å². The van der Waals surface area contributed by atoms with Gasteiger partial charge in [-0.1, -0.05) is 0 Å². The van der Waals surface area contributed by atoms with Gasteiger partial charge >= 0.3 is 5.69 Å². The van der Waals surface area contributed by atoms with Gasteiger partial charge in [-0.2, -0.15) is 0 Å². The van der Waals surface area contributed by atoms with E-state index in [1.54, 1.807) is 21.9 Å². The third-order valence-corrected chi connectivity index (χ3v) is 4.10. The molecule has 0 N–H and O–H groups in total. The van der Waals surface area contributed by atoms with Crippen LogP contribution in [0.1, 0.15) is 32.7 Å². The van der Waals surface area contributed by atoms with Crippen LogP contribution >= 0.6 is 0 Å². The second-order valence-corrected chi connectivity index (χ2v) is 5.67. The molecule has 0 unspecified atom stereocenters. The van der Waals surface area contributed by atoms with Crippen LogP contribution in [0.4, 0.5) is 0 Å². The van der Waals surface area contributed by atoms with E-state index in [4.69, 9.17) is 0 Å². The van der Waals surface area contributed by atoms with E-state index in [0.29, 0.717) is 18.9 Å². The summed E-state index contributed by atoms with van der Waals surface area (Å²) in [6, 6.07) is 3.89. The number of hydrogen-bond acceptors (Lipinski definition) is 4. The summed E-state index contributed by atoms with van der Waals surface area (Å²) in [6.07, 6.45) is 5.33. The average molecular weight is 315 g/mol. The molecule has 0 aliphatic heterocycles. The third kappa shape index (κ3) is 3.04. The lowest BCUT2D eigenvalue weighted by atomic mass is 10.3. The molecule has 2 heterocycles. The number of amides is 1. The van der Waals surface area contributed by atoms with Crippen molar-refractivity contribution in [2.45, 2.75) is 39.3 Å². The molecule has 1 amide bonds. The van der Waals surface area contributed by atoms with Crippen molar-refractivity contribution in [3.8, 4) is 11.4 Å². The molecule has 1 aliphatic rings. The van der Waals surface area contributed by atoms with Crippen LogP contribution in [0.3, 0.4) is 0 Å². The molecule has 3 rings (SSSR count). The number of carbonyl (C=O) groups excluding carboxylic acids is 1. The van der Waals surface area contributed by atoms with Crippen molar-refractivity contribution in [2.24, 2.45) is 0 Å². The first-order chi connectivity index (χ1) is 11.2. The first kappa shape index (κ1) is 15.5. The van der Waals surface area contributed by atoms with E-state index in [9.17, 15) is 9.59 Å². The SMILES string of the molecule is CCN(CC)C(=O)Cn1nc(-c2cccnc2)n(C2CC2)c1=O. The van der Waals surface area contributed by atoms with E-state index < -0.39 is 0 Å². The molecule has 1 aliphatic carbocycles. The molecular weight excluding hydrogens is 294 g/mol. The highest BCUT2D eigenvalue weighted by Crippen LogP contribution is 2.36. The van der Waals surface area contributed by atoms with Crippen molar-refractivity contribution < 1.29 is 4.79 Å². The fourth-order valence-corrected chi connectivity index (χ4v) is 2.68. The molecular formula is C16H21N5O2. The summed E-state index contributed by atoms with van der Waals surface area (Å²) in [4.78, 5) is 30.7. The van der Waals surface area contributed by atoms with Crippen LogP contribution in [0.15, 0.2) is 29.3 Å². The lowest BCUT2D eigenvalue weighted by molar-refractivity contribution is -0.131. The van der Waals surface area contributed by atoms with Crippen LogP contribution in [0, 0.1) is 0 Å². The zero-order valence-corrected chi connectivity index (χ0v) is 13.5. The zero-order chi connectivity index (χ0) is 16.4. The van der Waals surface area contributed by atoms with Crippen LogP contribution in [-0.2, 0) is 11.3 Å². The van der Waals surface area contributed by atoms with Crippen LogP contribution < -0.4 is 5.69 Å². The summed E-state index contributed by atoms with van der Waals surface area (Å²) in [6.45, 7) is 5.08. The summed E-state index contributed by atoms with van der Waals surface area (Å²) in [5.74, 6) is 0.508. The largest absolute Gasteiger partial charge is 0.346 e. The first-order valence-corrected chi connectivity index (χ1v) is 8.03. The molecule has 7 nitrogen and oxygen atoms in total. The van der Waals surface area contributed by atoms with E-state index in [-0.39, 0.29) is 24.2 Å². The summed E-state index contributed by atoms with van der Waals surface area (Å²) in [5.41, 5.74) is 0.581. The number of aromatic nitrogens is 4. The predicted octanol–water partition coefficient (Wildman–Crippen LogP) is 1.31. The number of likely N-dealkylation sites (N-methyl/N-ethyl adjacent to an activating group) is 1. The molecule has 23 heavy (non-hydrogen) atoms. The van der Waals surface area contributed by atoms with Gasteiger partial charge in [-0.05, 0) is 38.8 Å². The Morgan fingerprint density at radius 2 is 2.09 bits per heavy atom.